The average Bonchev–Trinajstić information content (AvgIpc) is 2.80. The minimum atomic E-state index is -0.884. The molecule has 0 aromatic carbocycles. The quantitative estimate of drug-likeness (QED) is 0.574. The highest BCUT2D eigenvalue weighted by molar-refractivity contribution is 5.81. The van der Waals surface area contributed by atoms with Crippen LogP contribution < -0.4 is 15.8 Å². The highest BCUT2D eigenvalue weighted by Crippen LogP contribution is 2.23. The molecule has 2 saturated heterocycles. The van der Waals surface area contributed by atoms with Crippen molar-refractivity contribution in [2.45, 2.75) is 13.0 Å². The summed E-state index contributed by atoms with van der Waals surface area (Å²) < 4.78 is 1.75. The second kappa shape index (κ2) is 9.30. The largest absolute Gasteiger partial charge is 0.465 e. The Hall–Kier alpha value is -3.66. The molecule has 1 amide bonds. The van der Waals surface area contributed by atoms with Crippen molar-refractivity contribution < 1.29 is 9.90 Å². The Morgan fingerprint density at radius 1 is 1.06 bits per heavy atom. The van der Waals surface area contributed by atoms with E-state index in [-0.39, 0.29) is 11.5 Å². The van der Waals surface area contributed by atoms with Gasteiger partial charge in [-0.1, -0.05) is 0 Å². The van der Waals surface area contributed by atoms with Crippen molar-refractivity contribution in [2.24, 2.45) is 5.92 Å². The van der Waals surface area contributed by atoms with E-state index in [1.54, 1.807) is 22.9 Å². The monoisotopic (exact) mass is 463 g/mol. The molecular weight excluding hydrogens is 434 g/mol. The minimum absolute atomic E-state index is 0.0753. The number of likely N-dealkylation sites (tertiary alicyclic amines) is 1. The maximum Gasteiger partial charge on any atom is 0.407 e. The molecule has 3 aromatic rings. The number of carbonyl (C=O) groups is 1. The number of likely N-dealkylation sites (N-methyl/N-ethyl adjacent to an activating group) is 1. The van der Waals surface area contributed by atoms with Gasteiger partial charge in [0.25, 0.3) is 5.56 Å². The van der Waals surface area contributed by atoms with Gasteiger partial charge >= 0.3 is 6.09 Å². The van der Waals surface area contributed by atoms with Crippen LogP contribution in [0.4, 0.5) is 22.1 Å². The Morgan fingerprint density at radius 2 is 1.82 bits per heavy atom. The van der Waals surface area contributed by atoms with Crippen LogP contribution in [0.3, 0.4) is 0 Å². The van der Waals surface area contributed by atoms with Gasteiger partial charge in [-0.2, -0.15) is 0 Å². The van der Waals surface area contributed by atoms with Gasteiger partial charge in [0.05, 0.1) is 17.4 Å². The first-order valence-electron chi connectivity index (χ1n) is 11.6. The molecule has 0 radical (unpaired) electrons. The van der Waals surface area contributed by atoms with Gasteiger partial charge in [0, 0.05) is 69.5 Å². The summed E-state index contributed by atoms with van der Waals surface area (Å²) in [4.78, 5) is 38.7. The maximum atomic E-state index is 12.6. The number of carboxylic acid groups (broad SMARTS) is 1. The van der Waals surface area contributed by atoms with E-state index < -0.39 is 6.09 Å². The van der Waals surface area contributed by atoms with Crippen LogP contribution in [0, 0.1) is 5.92 Å². The number of fused-ring (bicyclic) bond motifs is 1. The number of hydrogen-bond acceptors (Lipinski definition) is 7. The van der Waals surface area contributed by atoms with E-state index in [4.69, 9.17) is 5.11 Å². The molecule has 2 aliphatic rings. The molecule has 2 aliphatic heterocycles. The van der Waals surface area contributed by atoms with Crippen LogP contribution in [0.1, 0.15) is 6.42 Å². The fraction of sp³-hybridized carbons (Fsp3) is 0.417. The maximum absolute atomic E-state index is 12.6. The fourth-order valence-corrected chi connectivity index (χ4v) is 4.55. The summed E-state index contributed by atoms with van der Waals surface area (Å²) in [5, 5.41) is 13.1. The molecule has 34 heavy (non-hydrogen) atoms. The van der Waals surface area contributed by atoms with E-state index in [0.717, 1.165) is 49.2 Å². The first kappa shape index (κ1) is 22.1. The summed E-state index contributed by atoms with van der Waals surface area (Å²) >= 11 is 0. The second-order valence-corrected chi connectivity index (χ2v) is 9.11. The summed E-state index contributed by atoms with van der Waals surface area (Å²) in [6.07, 6.45) is 3.50. The van der Waals surface area contributed by atoms with Crippen molar-refractivity contribution in [3.63, 3.8) is 0 Å². The summed E-state index contributed by atoms with van der Waals surface area (Å²) in [7, 11) is 2.14. The zero-order chi connectivity index (χ0) is 23.7. The Labute approximate surface area is 197 Å². The van der Waals surface area contributed by atoms with Crippen molar-refractivity contribution in [3.8, 4) is 0 Å². The third-order valence-electron chi connectivity index (χ3n) is 6.74. The van der Waals surface area contributed by atoms with Crippen molar-refractivity contribution in [3.05, 3.63) is 53.1 Å². The normalized spacial score (nSPS) is 17.1. The molecule has 0 aliphatic carbocycles. The summed E-state index contributed by atoms with van der Waals surface area (Å²) in [6.45, 7) is 5.66. The van der Waals surface area contributed by atoms with E-state index in [9.17, 15) is 9.59 Å². The van der Waals surface area contributed by atoms with Crippen molar-refractivity contribution in [2.75, 3.05) is 56.5 Å². The Kier molecular flexibility index (Phi) is 6.06. The van der Waals surface area contributed by atoms with Crippen molar-refractivity contribution in [1.82, 2.24) is 24.3 Å². The van der Waals surface area contributed by atoms with Crippen LogP contribution in [0.2, 0.25) is 0 Å². The number of aromatic nitrogens is 3. The number of piperazine rings is 1. The Bertz CT molecular complexity index is 1230. The molecule has 5 rings (SSSR count). The average molecular weight is 464 g/mol. The summed E-state index contributed by atoms with van der Waals surface area (Å²) in [5.41, 5.74) is 1.83. The van der Waals surface area contributed by atoms with Gasteiger partial charge in [-0.25, -0.2) is 14.8 Å². The van der Waals surface area contributed by atoms with Gasteiger partial charge in [-0.3, -0.25) is 4.79 Å². The third kappa shape index (κ3) is 4.67. The van der Waals surface area contributed by atoms with Gasteiger partial charge in [0.2, 0.25) is 0 Å². The third-order valence-corrected chi connectivity index (χ3v) is 6.74. The summed E-state index contributed by atoms with van der Waals surface area (Å²) in [6, 6.07) is 9.22. The SMILES string of the molecule is CN1CCN(c2ccc(Nc3cc4c(ccc(=O)n4CCC4CN(C(=O)O)C4)cn3)nc2)CC1. The molecular formula is C24H29N7O3. The van der Waals surface area contributed by atoms with Crippen molar-refractivity contribution in [1.29, 1.82) is 0 Å². The molecule has 2 fully saturated rings. The molecule has 0 saturated carbocycles. The Balaban J connectivity index is 1.29. The first-order valence-corrected chi connectivity index (χ1v) is 11.6. The molecule has 5 heterocycles. The lowest BCUT2D eigenvalue weighted by molar-refractivity contribution is 0.0766. The molecule has 2 N–H and O–H groups in total. The van der Waals surface area contributed by atoms with E-state index in [1.165, 1.54) is 4.90 Å². The predicted octanol–water partition coefficient (Wildman–Crippen LogP) is 2.29. The molecule has 10 heteroatoms. The number of pyridine rings is 3. The van der Waals surface area contributed by atoms with E-state index in [0.29, 0.717) is 31.3 Å². The van der Waals surface area contributed by atoms with Crippen LogP contribution in [-0.4, -0.2) is 81.9 Å². The number of nitrogens with one attached hydrogen (secondary N) is 1. The summed E-state index contributed by atoms with van der Waals surface area (Å²) in [5.74, 6) is 1.59. The zero-order valence-electron chi connectivity index (χ0n) is 19.2. The van der Waals surface area contributed by atoms with Crippen LogP contribution in [-0.2, 0) is 6.54 Å². The van der Waals surface area contributed by atoms with Crippen molar-refractivity contribution >= 4 is 34.3 Å². The highest BCUT2D eigenvalue weighted by Gasteiger charge is 2.30. The predicted molar refractivity (Wildman–Crippen MR) is 131 cm³/mol. The zero-order valence-corrected chi connectivity index (χ0v) is 19.2. The Morgan fingerprint density at radius 3 is 2.53 bits per heavy atom. The van der Waals surface area contributed by atoms with Gasteiger partial charge < -0.3 is 29.7 Å². The van der Waals surface area contributed by atoms with Gasteiger partial charge in [0.15, 0.2) is 0 Å². The number of hydrogen-bond donors (Lipinski definition) is 2. The van der Waals surface area contributed by atoms with E-state index in [2.05, 4.69) is 38.2 Å². The number of anilines is 3. The first-order chi connectivity index (χ1) is 16.5. The standard InChI is InChI=1S/C24H29N7O3/c1-28-8-10-29(11-9-28)19-3-4-21(26-14-19)27-22-12-20-18(13-25-22)2-5-23(32)31(20)7-6-17-15-30(16-17)24(33)34/h2-5,12-14,17H,6-11,15-16H2,1H3,(H,33,34)(H,25,26,27). The molecule has 0 atom stereocenters. The topological polar surface area (TPSA) is 107 Å². The molecule has 0 bridgehead atoms. The number of nitrogens with zero attached hydrogens (tertiary/aromatic N) is 6. The van der Waals surface area contributed by atoms with Gasteiger partial charge in [-0.15, -0.1) is 0 Å². The van der Waals surface area contributed by atoms with Crippen LogP contribution >= 0.6 is 0 Å². The lowest BCUT2D eigenvalue weighted by Crippen LogP contribution is -2.49. The number of rotatable bonds is 6. The van der Waals surface area contributed by atoms with Gasteiger partial charge in [-0.05, 0) is 37.6 Å². The van der Waals surface area contributed by atoms with Gasteiger partial charge in [0.1, 0.15) is 11.6 Å². The molecule has 3 aromatic heterocycles. The van der Waals surface area contributed by atoms with E-state index in [1.807, 2.05) is 18.3 Å². The number of aryl methyl sites for hydroxylation is 1. The molecule has 10 nitrogen and oxygen atoms in total. The second-order valence-electron chi connectivity index (χ2n) is 9.11. The van der Waals surface area contributed by atoms with Crippen LogP contribution in [0.25, 0.3) is 10.9 Å². The lowest BCUT2D eigenvalue weighted by Gasteiger charge is -2.37. The molecule has 0 unspecified atom stereocenters. The highest BCUT2D eigenvalue weighted by atomic mass is 16.4. The minimum Gasteiger partial charge on any atom is -0.465 e. The van der Waals surface area contributed by atoms with Crippen LogP contribution in [0.15, 0.2) is 47.5 Å². The lowest BCUT2D eigenvalue weighted by atomic mass is 9.97. The van der Waals surface area contributed by atoms with Crippen LogP contribution in [0.5, 0.6) is 0 Å². The number of amides is 1. The molecule has 178 valence electrons. The van der Waals surface area contributed by atoms with E-state index >= 15 is 0 Å². The smallest absolute Gasteiger partial charge is 0.407 e. The fourth-order valence-electron chi connectivity index (χ4n) is 4.55. The molecule has 0 spiro atoms.